The zero-order chi connectivity index (χ0) is 22.3. The predicted molar refractivity (Wildman–Crippen MR) is 155 cm³/mol. The minimum Gasteiger partial charge on any atom is -0.325 e. The van der Waals surface area contributed by atoms with E-state index in [1.54, 1.807) is 0 Å². The Morgan fingerprint density at radius 3 is 1.10 bits per heavy atom. The van der Waals surface area contributed by atoms with Gasteiger partial charge in [-0.05, 0) is 31.6 Å². The highest BCUT2D eigenvalue weighted by atomic mass is 127. The van der Waals surface area contributed by atoms with Gasteiger partial charge in [0.05, 0.1) is 0 Å². The maximum absolute atomic E-state index is 7.33. The minimum atomic E-state index is 0. The molecule has 31 heavy (non-hydrogen) atoms. The van der Waals surface area contributed by atoms with Gasteiger partial charge in [-0.25, -0.2) is 0 Å². The first-order valence-corrected chi connectivity index (χ1v) is 14.4. The van der Waals surface area contributed by atoms with E-state index in [1.165, 1.54) is 148 Å². The molecule has 0 aromatic heterocycles. The van der Waals surface area contributed by atoms with E-state index in [9.17, 15) is 0 Å². The van der Waals surface area contributed by atoms with Gasteiger partial charge in [-0.1, -0.05) is 150 Å². The summed E-state index contributed by atoms with van der Waals surface area (Å²) in [5.41, 5.74) is 7.43. The second kappa shape index (κ2) is 25.3. The predicted octanol–water partition coefficient (Wildman–Crippen LogP) is 11.0. The van der Waals surface area contributed by atoms with Crippen molar-refractivity contribution >= 4 is 24.0 Å². The molecule has 0 heterocycles. The lowest BCUT2D eigenvalue weighted by molar-refractivity contribution is 0.189. The van der Waals surface area contributed by atoms with E-state index in [0.29, 0.717) is 0 Å². The fourth-order valence-corrected chi connectivity index (χ4v) is 5.18. The standard InChI is InChI=1S/C29H61N.HI/c1-5-9-13-17-21-25-28(24-20-16-12-8-4)29(30,26-22-18-14-10-6-2)27-23-19-15-11-7-3;/h28H,5-27,30H2,1-4H3;1H. The Kier molecular flexibility index (Phi) is 27.7. The number of hydrogen-bond donors (Lipinski definition) is 1. The van der Waals surface area contributed by atoms with Crippen molar-refractivity contribution < 1.29 is 0 Å². The van der Waals surface area contributed by atoms with Crippen LogP contribution in [0.4, 0.5) is 0 Å². The van der Waals surface area contributed by atoms with Crippen LogP contribution in [0.2, 0.25) is 0 Å². The van der Waals surface area contributed by atoms with E-state index in [4.69, 9.17) is 5.73 Å². The fourth-order valence-electron chi connectivity index (χ4n) is 5.18. The average Bonchev–Trinajstić information content (AvgIpc) is 2.74. The molecule has 0 aliphatic rings. The van der Waals surface area contributed by atoms with E-state index >= 15 is 0 Å². The molecule has 0 rings (SSSR count). The molecule has 0 spiro atoms. The molecule has 0 aromatic rings. The highest BCUT2D eigenvalue weighted by Crippen LogP contribution is 2.35. The number of unbranched alkanes of at least 4 members (excludes halogenated alkanes) is 15. The van der Waals surface area contributed by atoms with E-state index in [1.807, 2.05) is 0 Å². The molecule has 0 fully saturated rings. The highest BCUT2D eigenvalue weighted by Gasteiger charge is 2.33. The smallest absolute Gasteiger partial charge is 0.0182 e. The van der Waals surface area contributed by atoms with Crippen molar-refractivity contribution in [3.63, 3.8) is 0 Å². The SMILES string of the molecule is CCCCCCCC(CCCCCC)C(N)(CCCCCCC)CCCCCCC.I. The Hall–Kier alpha value is 0.690. The summed E-state index contributed by atoms with van der Waals surface area (Å²) in [5, 5.41) is 0. The molecule has 0 radical (unpaired) electrons. The molecule has 190 valence electrons. The van der Waals surface area contributed by atoms with Crippen molar-refractivity contribution in [1.82, 2.24) is 0 Å². The first-order chi connectivity index (χ1) is 14.6. The largest absolute Gasteiger partial charge is 0.325 e. The summed E-state index contributed by atoms with van der Waals surface area (Å²) in [5.74, 6) is 0.758. The van der Waals surface area contributed by atoms with E-state index in [2.05, 4.69) is 27.7 Å². The van der Waals surface area contributed by atoms with Crippen molar-refractivity contribution in [2.75, 3.05) is 0 Å². The summed E-state index contributed by atoms with van der Waals surface area (Å²) in [6, 6.07) is 0. The highest BCUT2D eigenvalue weighted by molar-refractivity contribution is 14.0. The van der Waals surface area contributed by atoms with Crippen molar-refractivity contribution in [2.45, 2.75) is 181 Å². The van der Waals surface area contributed by atoms with Crippen LogP contribution < -0.4 is 5.73 Å². The van der Waals surface area contributed by atoms with Crippen molar-refractivity contribution in [3.8, 4) is 0 Å². The molecule has 0 saturated carbocycles. The van der Waals surface area contributed by atoms with Crippen molar-refractivity contribution in [1.29, 1.82) is 0 Å². The fraction of sp³-hybridized carbons (Fsp3) is 1.00. The van der Waals surface area contributed by atoms with Gasteiger partial charge in [0.15, 0.2) is 0 Å². The summed E-state index contributed by atoms with van der Waals surface area (Å²) < 4.78 is 0. The van der Waals surface area contributed by atoms with Gasteiger partial charge >= 0.3 is 0 Å². The van der Waals surface area contributed by atoms with Gasteiger partial charge in [-0.15, -0.1) is 24.0 Å². The van der Waals surface area contributed by atoms with Gasteiger partial charge in [0, 0.05) is 5.54 Å². The minimum absolute atomic E-state index is 0. The maximum atomic E-state index is 7.33. The summed E-state index contributed by atoms with van der Waals surface area (Å²) >= 11 is 0. The zero-order valence-electron chi connectivity index (χ0n) is 22.3. The summed E-state index contributed by atoms with van der Waals surface area (Å²) in [6.07, 6.45) is 31.6. The van der Waals surface area contributed by atoms with Crippen LogP contribution in [0.15, 0.2) is 0 Å². The molecule has 0 amide bonds. The summed E-state index contributed by atoms with van der Waals surface area (Å²) in [4.78, 5) is 0. The Labute approximate surface area is 215 Å². The van der Waals surface area contributed by atoms with Gasteiger partial charge in [0.2, 0.25) is 0 Å². The molecule has 0 aliphatic carbocycles. The van der Waals surface area contributed by atoms with E-state index in [0.717, 1.165) is 5.92 Å². The second-order valence-electron chi connectivity index (χ2n) is 10.3. The van der Waals surface area contributed by atoms with E-state index < -0.39 is 0 Å². The van der Waals surface area contributed by atoms with Crippen LogP contribution in [0, 0.1) is 5.92 Å². The average molecular weight is 552 g/mol. The number of hydrogen-bond acceptors (Lipinski definition) is 1. The molecule has 1 unspecified atom stereocenters. The lowest BCUT2D eigenvalue weighted by Crippen LogP contribution is -2.47. The number of halogens is 1. The van der Waals surface area contributed by atoms with Crippen molar-refractivity contribution in [2.24, 2.45) is 11.7 Å². The molecule has 0 saturated heterocycles. The topological polar surface area (TPSA) is 26.0 Å². The molecule has 0 aromatic carbocycles. The van der Waals surface area contributed by atoms with Crippen LogP contribution in [0.5, 0.6) is 0 Å². The Balaban J connectivity index is 0. The zero-order valence-corrected chi connectivity index (χ0v) is 24.7. The van der Waals surface area contributed by atoms with Gasteiger partial charge in [-0.2, -0.15) is 0 Å². The Morgan fingerprint density at radius 1 is 0.452 bits per heavy atom. The third kappa shape index (κ3) is 19.8. The molecule has 2 heteroatoms. The van der Waals surface area contributed by atoms with E-state index in [-0.39, 0.29) is 29.5 Å². The van der Waals surface area contributed by atoms with Crippen LogP contribution in [0.25, 0.3) is 0 Å². The van der Waals surface area contributed by atoms with Crippen molar-refractivity contribution in [3.05, 3.63) is 0 Å². The summed E-state index contributed by atoms with van der Waals surface area (Å²) in [7, 11) is 0. The Bertz CT molecular complexity index is 317. The monoisotopic (exact) mass is 551 g/mol. The lowest BCUT2D eigenvalue weighted by atomic mass is 9.72. The van der Waals surface area contributed by atoms with Gasteiger partial charge < -0.3 is 5.73 Å². The molecule has 0 aliphatic heterocycles. The van der Waals surface area contributed by atoms with Crippen LogP contribution in [-0.4, -0.2) is 5.54 Å². The first-order valence-electron chi connectivity index (χ1n) is 14.4. The second-order valence-corrected chi connectivity index (χ2v) is 10.3. The quantitative estimate of drug-likeness (QED) is 0.0937. The van der Waals surface area contributed by atoms with Crippen LogP contribution >= 0.6 is 24.0 Å². The molecule has 1 nitrogen and oxygen atoms in total. The maximum Gasteiger partial charge on any atom is 0.0182 e. The first kappa shape index (κ1) is 33.9. The molecule has 2 N–H and O–H groups in total. The third-order valence-corrected chi connectivity index (χ3v) is 7.37. The van der Waals surface area contributed by atoms with Gasteiger partial charge in [0.25, 0.3) is 0 Å². The third-order valence-electron chi connectivity index (χ3n) is 7.37. The lowest BCUT2D eigenvalue weighted by Gasteiger charge is -2.39. The van der Waals surface area contributed by atoms with Gasteiger partial charge in [0.1, 0.15) is 0 Å². The van der Waals surface area contributed by atoms with Crippen LogP contribution in [0.3, 0.4) is 0 Å². The Morgan fingerprint density at radius 2 is 0.742 bits per heavy atom. The summed E-state index contributed by atoms with van der Waals surface area (Å²) in [6.45, 7) is 9.27. The molecular weight excluding hydrogens is 489 g/mol. The molecule has 0 bridgehead atoms. The normalized spacial score (nSPS) is 12.7. The number of nitrogens with two attached hydrogens (primary N) is 1. The molecule has 1 atom stereocenters. The van der Waals surface area contributed by atoms with Gasteiger partial charge in [-0.3, -0.25) is 0 Å². The van der Waals surface area contributed by atoms with Crippen LogP contribution in [-0.2, 0) is 0 Å². The molecular formula is C29H62IN. The number of rotatable bonds is 24. The van der Waals surface area contributed by atoms with Crippen LogP contribution in [0.1, 0.15) is 175 Å².